The van der Waals surface area contributed by atoms with Gasteiger partial charge in [0.15, 0.2) is 0 Å². The van der Waals surface area contributed by atoms with Crippen LogP contribution in [-0.2, 0) is 4.74 Å². The normalized spacial score (nSPS) is 9.00. The number of carbonyl (C=O) groups is 1. The Morgan fingerprint density at radius 3 is 2.90 bits per heavy atom. The minimum Gasteiger partial charge on any atom is -0.450 e. The van der Waals surface area contributed by atoms with Crippen molar-refractivity contribution in [2.45, 2.75) is 19.8 Å². The lowest BCUT2D eigenvalue weighted by molar-refractivity contribution is 0.148. The fraction of sp³-hybridized carbons (Fsp3) is 0.714. The van der Waals surface area contributed by atoms with Gasteiger partial charge in [0.1, 0.15) is 0 Å². The van der Waals surface area contributed by atoms with Crippen molar-refractivity contribution in [2.24, 2.45) is 0 Å². The molecule has 0 aliphatic rings. The minimum absolute atomic E-state index is 0.342. The summed E-state index contributed by atoms with van der Waals surface area (Å²) in [7, 11) is 0. The van der Waals surface area contributed by atoms with E-state index in [1.165, 1.54) is 0 Å². The predicted octanol–water partition coefficient (Wildman–Crippen LogP) is 1.35. The van der Waals surface area contributed by atoms with Gasteiger partial charge in [0, 0.05) is 6.54 Å². The van der Waals surface area contributed by atoms with Gasteiger partial charge in [-0.2, -0.15) is 0 Å². The van der Waals surface area contributed by atoms with Crippen LogP contribution in [0.1, 0.15) is 19.8 Å². The Bertz CT molecular complexity index is 83.6. The van der Waals surface area contributed by atoms with E-state index in [2.05, 4.69) is 17.0 Å². The molecule has 0 aliphatic carbocycles. The Hall–Kier alpha value is -0.730. The zero-order valence-corrected chi connectivity index (χ0v) is 6.35. The highest BCUT2D eigenvalue weighted by molar-refractivity contribution is 5.66. The molecule has 0 unspecified atom stereocenters. The van der Waals surface area contributed by atoms with Crippen molar-refractivity contribution in [2.75, 3.05) is 13.2 Å². The standard InChI is InChI=1S/C7H14NO2/c1-3-5-8-7(9)10-6-4-2/h2-6H2,1H3,(H,8,9). The first kappa shape index (κ1) is 9.27. The van der Waals surface area contributed by atoms with Crippen LogP contribution in [0.2, 0.25) is 0 Å². The molecule has 0 aromatic heterocycles. The summed E-state index contributed by atoms with van der Waals surface area (Å²) in [5.74, 6) is 0. The number of rotatable bonds is 4. The third-order valence-corrected chi connectivity index (χ3v) is 0.897. The summed E-state index contributed by atoms with van der Waals surface area (Å²) in [5.41, 5.74) is 0. The monoisotopic (exact) mass is 144 g/mol. The number of alkyl carbamates (subject to hydrolysis) is 1. The van der Waals surface area contributed by atoms with E-state index in [1.54, 1.807) is 0 Å². The van der Waals surface area contributed by atoms with Crippen LogP contribution < -0.4 is 5.32 Å². The smallest absolute Gasteiger partial charge is 0.407 e. The summed E-state index contributed by atoms with van der Waals surface area (Å²) in [5, 5.41) is 2.58. The summed E-state index contributed by atoms with van der Waals surface area (Å²) in [4.78, 5) is 10.6. The first-order valence-electron chi connectivity index (χ1n) is 3.51. The lowest BCUT2D eigenvalue weighted by atomic mass is 10.5. The highest BCUT2D eigenvalue weighted by Crippen LogP contribution is 1.81. The van der Waals surface area contributed by atoms with Gasteiger partial charge in [-0.1, -0.05) is 6.92 Å². The van der Waals surface area contributed by atoms with Crippen molar-refractivity contribution in [1.82, 2.24) is 5.32 Å². The van der Waals surface area contributed by atoms with E-state index in [0.717, 1.165) is 6.42 Å². The van der Waals surface area contributed by atoms with Crippen molar-refractivity contribution in [1.29, 1.82) is 0 Å². The van der Waals surface area contributed by atoms with E-state index in [4.69, 9.17) is 0 Å². The van der Waals surface area contributed by atoms with Gasteiger partial charge in [-0.25, -0.2) is 4.79 Å². The average Bonchev–Trinajstić information content (AvgIpc) is 1.97. The SMILES string of the molecule is [CH2]CCOC(=O)NCCC. The lowest BCUT2D eigenvalue weighted by Gasteiger charge is -2.02. The molecule has 1 radical (unpaired) electrons. The second kappa shape index (κ2) is 6.39. The Morgan fingerprint density at radius 1 is 1.70 bits per heavy atom. The number of ether oxygens (including phenoxy) is 1. The molecule has 1 amide bonds. The quantitative estimate of drug-likeness (QED) is 0.646. The van der Waals surface area contributed by atoms with Gasteiger partial charge in [0.05, 0.1) is 6.61 Å². The van der Waals surface area contributed by atoms with Gasteiger partial charge in [0.2, 0.25) is 0 Å². The van der Waals surface area contributed by atoms with E-state index in [9.17, 15) is 4.79 Å². The first-order chi connectivity index (χ1) is 4.81. The molecular formula is C7H14NO2. The Balaban J connectivity index is 3.09. The zero-order valence-electron chi connectivity index (χ0n) is 6.35. The summed E-state index contributed by atoms with van der Waals surface area (Å²) in [6, 6.07) is 0. The van der Waals surface area contributed by atoms with E-state index in [-0.39, 0.29) is 6.09 Å². The van der Waals surface area contributed by atoms with E-state index >= 15 is 0 Å². The van der Waals surface area contributed by atoms with Crippen LogP contribution in [-0.4, -0.2) is 19.2 Å². The number of hydrogen-bond donors (Lipinski definition) is 1. The molecule has 0 aromatic carbocycles. The molecular weight excluding hydrogens is 130 g/mol. The van der Waals surface area contributed by atoms with E-state index < -0.39 is 0 Å². The van der Waals surface area contributed by atoms with Gasteiger partial charge in [-0.15, -0.1) is 0 Å². The van der Waals surface area contributed by atoms with Gasteiger partial charge in [0.25, 0.3) is 0 Å². The summed E-state index contributed by atoms with van der Waals surface area (Å²) in [6.45, 7) is 6.60. The van der Waals surface area contributed by atoms with Gasteiger partial charge >= 0.3 is 6.09 Å². The molecule has 0 saturated carbocycles. The minimum atomic E-state index is -0.342. The van der Waals surface area contributed by atoms with Crippen LogP contribution in [0.4, 0.5) is 4.79 Å². The van der Waals surface area contributed by atoms with Crippen LogP contribution in [0, 0.1) is 6.92 Å². The Labute approximate surface area is 61.8 Å². The Morgan fingerprint density at radius 2 is 2.40 bits per heavy atom. The molecule has 0 heterocycles. The van der Waals surface area contributed by atoms with Gasteiger partial charge in [-0.3, -0.25) is 0 Å². The van der Waals surface area contributed by atoms with Crippen molar-refractivity contribution < 1.29 is 9.53 Å². The fourth-order valence-corrected chi connectivity index (χ4v) is 0.443. The second-order valence-corrected chi connectivity index (χ2v) is 1.92. The summed E-state index contributed by atoms with van der Waals surface area (Å²) < 4.78 is 4.68. The molecule has 3 nitrogen and oxygen atoms in total. The topological polar surface area (TPSA) is 38.3 Å². The predicted molar refractivity (Wildman–Crippen MR) is 39.6 cm³/mol. The molecule has 0 spiro atoms. The molecule has 0 bridgehead atoms. The third kappa shape index (κ3) is 5.41. The van der Waals surface area contributed by atoms with Crippen LogP contribution >= 0.6 is 0 Å². The average molecular weight is 144 g/mol. The zero-order chi connectivity index (χ0) is 7.82. The maximum Gasteiger partial charge on any atom is 0.407 e. The van der Waals surface area contributed by atoms with Gasteiger partial charge in [-0.05, 0) is 19.8 Å². The number of hydrogen-bond acceptors (Lipinski definition) is 2. The largest absolute Gasteiger partial charge is 0.450 e. The molecule has 10 heavy (non-hydrogen) atoms. The molecule has 0 saturated heterocycles. The molecule has 0 aromatic rings. The highest BCUT2D eigenvalue weighted by atomic mass is 16.5. The third-order valence-electron chi connectivity index (χ3n) is 0.897. The molecule has 1 N–H and O–H groups in total. The van der Waals surface area contributed by atoms with Crippen molar-refractivity contribution in [3.63, 3.8) is 0 Å². The summed E-state index contributed by atoms with van der Waals surface area (Å²) >= 11 is 0. The van der Waals surface area contributed by atoms with Crippen molar-refractivity contribution in [3.05, 3.63) is 6.92 Å². The Kier molecular flexibility index (Phi) is 5.92. The highest BCUT2D eigenvalue weighted by Gasteiger charge is 1.96. The molecule has 59 valence electrons. The number of nitrogens with one attached hydrogen (secondary N) is 1. The second-order valence-electron chi connectivity index (χ2n) is 1.92. The molecule has 0 atom stereocenters. The first-order valence-corrected chi connectivity index (χ1v) is 3.51. The van der Waals surface area contributed by atoms with E-state index in [0.29, 0.717) is 19.6 Å². The van der Waals surface area contributed by atoms with Crippen LogP contribution in [0.5, 0.6) is 0 Å². The van der Waals surface area contributed by atoms with Crippen molar-refractivity contribution in [3.8, 4) is 0 Å². The summed E-state index contributed by atoms with van der Waals surface area (Å²) in [6.07, 6.45) is 1.21. The molecule has 0 fully saturated rings. The number of carbonyl (C=O) groups excluding carboxylic acids is 1. The van der Waals surface area contributed by atoms with E-state index in [1.807, 2.05) is 6.92 Å². The maximum atomic E-state index is 10.6. The van der Waals surface area contributed by atoms with Gasteiger partial charge < -0.3 is 10.1 Å². The van der Waals surface area contributed by atoms with Crippen molar-refractivity contribution >= 4 is 6.09 Å². The van der Waals surface area contributed by atoms with Crippen LogP contribution in [0.3, 0.4) is 0 Å². The number of amides is 1. The fourth-order valence-electron chi connectivity index (χ4n) is 0.443. The van der Waals surface area contributed by atoms with Crippen LogP contribution in [0.25, 0.3) is 0 Å². The lowest BCUT2D eigenvalue weighted by Crippen LogP contribution is -2.25. The van der Waals surface area contributed by atoms with Crippen LogP contribution in [0.15, 0.2) is 0 Å². The maximum absolute atomic E-state index is 10.6. The molecule has 0 rings (SSSR count). The molecule has 0 aliphatic heterocycles. The molecule has 3 heteroatoms.